The Morgan fingerprint density at radius 2 is 2.00 bits per heavy atom. The zero-order valence-corrected chi connectivity index (χ0v) is 12.1. The van der Waals surface area contributed by atoms with Crippen molar-refractivity contribution in [1.29, 1.82) is 0 Å². The van der Waals surface area contributed by atoms with Crippen molar-refractivity contribution in [1.82, 2.24) is 0 Å². The third kappa shape index (κ3) is 2.78. The lowest BCUT2D eigenvalue weighted by Crippen LogP contribution is -2.01. The normalized spacial score (nSPS) is 12.3. The fourth-order valence-corrected chi connectivity index (χ4v) is 2.29. The van der Waals surface area contributed by atoms with Gasteiger partial charge in [-0.3, -0.25) is 0 Å². The number of anilines is 1. The van der Waals surface area contributed by atoms with E-state index in [2.05, 4.69) is 5.32 Å². The van der Waals surface area contributed by atoms with E-state index in [1.165, 1.54) is 0 Å². The zero-order chi connectivity index (χ0) is 14.8. The third-order valence-electron chi connectivity index (χ3n) is 3.22. The van der Waals surface area contributed by atoms with Crippen molar-refractivity contribution in [3.63, 3.8) is 0 Å². The molecule has 1 aliphatic rings. The maximum atomic E-state index is 9.86. The summed E-state index contributed by atoms with van der Waals surface area (Å²) in [7, 11) is 1.58. The summed E-state index contributed by atoms with van der Waals surface area (Å²) in [5, 5.41) is 13.6. The summed E-state index contributed by atoms with van der Waals surface area (Å²) in [5.41, 5.74) is 1.42. The molecule has 0 aliphatic carbocycles. The Kier molecular flexibility index (Phi) is 3.66. The van der Waals surface area contributed by atoms with E-state index < -0.39 is 0 Å². The van der Waals surface area contributed by atoms with Crippen molar-refractivity contribution in [3.05, 3.63) is 40.9 Å². The van der Waals surface area contributed by atoms with E-state index in [1.807, 2.05) is 0 Å². The summed E-state index contributed by atoms with van der Waals surface area (Å²) in [5.74, 6) is 2.16. The summed E-state index contributed by atoms with van der Waals surface area (Å²) in [4.78, 5) is 0. The Hall–Kier alpha value is -2.27. The minimum absolute atomic E-state index is 0.195. The lowest BCUT2D eigenvalue weighted by molar-refractivity contribution is 0.174. The highest BCUT2D eigenvalue weighted by Crippen LogP contribution is 2.39. The number of nitrogens with one attached hydrogen (secondary N) is 1. The predicted octanol–water partition coefficient (Wildman–Crippen LogP) is 3.40. The molecule has 0 unspecified atom stereocenters. The van der Waals surface area contributed by atoms with E-state index in [0.29, 0.717) is 40.1 Å². The maximum Gasteiger partial charge on any atom is 0.231 e. The van der Waals surface area contributed by atoms with Gasteiger partial charge in [0, 0.05) is 24.2 Å². The van der Waals surface area contributed by atoms with Gasteiger partial charge in [0.25, 0.3) is 0 Å². The van der Waals surface area contributed by atoms with E-state index in [0.717, 1.165) is 0 Å². The van der Waals surface area contributed by atoms with Crippen LogP contribution in [0.5, 0.6) is 23.0 Å². The first-order valence-corrected chi connectivity index (χ1v) is 6.74. The van der Waals surface area contributed by atoms with E-state index in [4.69, 9.17) is 25.8 Å². The van der Waals surface area contributed by atoms with Crippen LogP contribution in [0.1, 0.15) is 5.56 Å². The Morgan fingerprint density at radius 1 is 1.24 bits per heavy atom. The van der Waals surface area contributed by atoms with E-state index in [1.54, 1.807) is 37.4 Å². The van der Waals surface area contributed by atoms with Gasteiger partial charge in [0.05, 0.1) is 17.8 Å². The molecule has 0 fully saturated rings. The molecule has 0 aromatic heterocycles. The van der Waals surface area contributed by atoms with Crippen LogP contribution < -0.4 is 19.5 Å². The third-order valence-corrected chi connectivity index (χ3v) is 3.53. The van der Waals surface area contributed by atoms with E-state index >= 15 is 0 Å². The molecule has 6 heteroatoms. The molecule has 110 valence electrons. The molecule has 21 heavy (non-hydrogen) atoms. The Balaban J connectivity index is 1.79. The molecule has 2 aromatic carbocycles. The summed E-state index contributed by atoms with van der Waals surface area (Å²) in [6.07, 6.45) is 0. The molecule has 1 aliphatic heterocycles. The molecule has 2 aromatic rings. The number of phenolic OH excluding ortho intramolecular Hbond substituents is 1. The van der Waals surface area contributed by atoms with Crippen LogP contribution in [0.25, 0.3) is 0 Å². The van der Waals surface area contributed by atoms with Crippen LogP contribution in [0, 0.1) is 0 Å². The van der Waals surface area contributed by atoms with Crippen LogP contribution in [0.4, 0.5) is 5.69 Å². The number of fused-ring (bicyclic) bond motifs is 1. The summed E-state index contributed by atoms with van der Waals surface area (Å²) in [6.45, 7) is 0.605. The first kappa shape index (κ1) is 13.7. The van der Waals surface area contributed by atoms with Crippen molar-refractivity contribution < 1.29 is 19.3 Å². The summed E-state index contributed by atoms with van der Waals surface area (Å²) < 4.78 is 15.7. The fraction of sp³-hybridized carbons (Fsp3) is 0.200. The first-order valence-electron chi connectivity index (χ1n) is 6.36. The van der Waals surface area contributed by atoms with Crippen LogP contribution in [0.3, 0.4) is 0 Å². The van der Waals surface area contributed by atoms with Crippen LogP contribution >= 0.6 is 11.6 Å². The summed E-state index contributed by atoms with van der Waals surface area (Å²) >= 11 is 6.19. The second-order valence-electron chi connectivity index (χ2n) is 4.53. The second kappa shape index (κ2) is 5.61. The van der Waals surface area contributed by atoms with Gasteiger partial charge in [0.2, 0.25) is 6.79 Å². The van der Waals surface area contributed by atoms with Crippen molar-refractivity contribution >= 4 is 17.3 Å². The average Bonchev–Trinajstić information content (AvgIpc) is 2.93. The molecule has 0 saturated carbocycles. The van der Waals surface area contributed by atoms with Gasteiger partial charge in [-0.05, 0) is 18.2 Å². The molecule has 3 rings (SSSR count). The molecule has 0 radical (unpaired) electrons. The fourth-order valence-electron chi connectivity index (χ4n) is 2.07. The largest absolute Gasteiger partial charge is 0.508 e. The van der Waals surface area contributed by atoms with Gasteiger partial charge in [0.15, 0.2) is 11.5 Å². The molecule has 0 bridgehead atoms. The van der Waals surface area contributed by atoms with E-state index in [-0.39, 0.29) is 12.5 Å². The number of halogens is 1. The molecular weight excluding hydrogens is 294 g/mol. The summed E-state index contributed by atoms with van der Waals surface area (Å²) in [6, 6.07) is 8.55. The molecule has 0 saturated heterocycles. The lowest BCUT2D eigenvalue weighted by Gasteiger charge is -2.11. The maximum absolute atomic E-state index is 9.86. The molecule has 0 spiro atoms. The van der Waals surface area contributed by atoms with Crippen molar-refractivity contribution in [3.8, 4) is 23.0 Å². The molecular formula is C15H14ClNO4. The second-order valence-corrected chi connectivity index (χ2v) is 4.94. The van der Waals surface area contributed by atoms with Crippen molar-refractivity contribution in [2.24, 2.45) is 0 Å². The van der Waals surface area contributed by atoms with Crippen molar-refractivity contribution in [2.75, 3.05) is 19.2 Å². The Labute approximate surface area is 127 Å². The van der Waals surface area contributed by atoms with Gasteiger partial charge >= 0.3 is 0 Å². The lowest BCUT2D eigenvalue weighted by atomic mass is 10.2. The number of phenols is 1. The van der Waals surface area contributed by atoms with Gasteiger partial charge in [-0.1, -0.05) is 11.6 Å². The quantitative estimate of drug-likeness (QED) is 0.906. The SMILES string of the molecule is COc1ccc(O)c(CNc2cc3c(cc2Cl)OCO3)c1. The van der Waals surface area contributed by atoms with Gasteiger partial charge < -0.3 is 24.6 Å². The number of aromatic hydroxyl groups is 1. The highest BCUT2D eigenvalue weighted by atomic mass is 35.5. The molecule has 0 amide bonds. The molecule has 0 atom stereocenters. The topological polar surface area (TPSA) is 60.0 Å². The standard InChI is InChI=1S/C15H14ClNO4/c1-19-10-2-3-13(18)9(4-10)7-17-12-6-15-14(5-11(12)16)20-8-21-15/h2-6,17-18H,7-8H2,1H3. The smallest absolute Gasteiger partial charge is 0.231 e. The number of hydrogen-bond donors (Lipinski definition) is 2. The predicted molar refractivity (Wildman–Crippen MR) is 79.6 cm³/mol. The van der Waals surface area contributed by atoms with Gasteiger partial charge in [0.1, 0.15) is 11.5 Å². The van der Waals surface area contributed by atoms with Crippen LogP contribution in [-0.2, 0) is 6.54 Å². The molecule has 1 heterocycles. The van der Waals surface area contributed by atoms with Crippen molar-refractivity contribution in [2.45, 2.75) is 6.54 Å². The van der Waals surface area contributed by atoms with Gasteiger partial charge in [-0.2, -0.15) is 0 Å². The Morgan fingerprint density at radius 3 is 2.76 bits per heavy atom. The number of ether oxygens (including phenoxy) is 3. The van der Waals surface area contributed by atoms with Gasteiger partial charge in [-0.15, -0.1) is 0 Å². The number of hydrogen-bond acceptors (Lipinski definition) is 5. The monoisotopic (exact) mass is 307 g/mol. The van der Waals surface area contributed by atoms with E-state index in [9.17, 15) is 5.11 Å². The van der Waals surface area contributed by atoms with Crippen LogP contribution in [0.2, 0.25) is 5.02 Å². The van der Waals surface area contributed by atoms with Crippen LogP contribution in [-0.4, -0.2) is 19.0 Å². The molecule has 5 nitrogen and oxygen atoms in total. The Bertz CT molecular complexity index is 675. The first-order chi connectivity index (χ1) is 10.2. The highest BCUT2D eigenvalue weighted by molar-refractivity contribution is 6.33. The number of rotatable bonds is 4. The molecule has 2 N–H and O–H groups in total. The average molecular weight is 308 g/mol. The van der Waals surface area contributed by atoms with Crippen LogP contribution in [0.15, 0.2) is 30.3 Å². The zero-order valence-electron chi connectivity index (χ0n) is 11.4. The number of benzene rings is 2. The van der Waals surface area contributed by atoms with Gasteiger partial charge in [-0.25, -0.2) is 0 Å². The minimum Gasteiger partial charge on any atom is -0.508 e. The number of methoxy groups -OCH3 is 1. The minimum atomic E-state index is 0.195. The highest BCUT2D eigenvalue weighted by Gasteiger charge is 2.16.